The molecule has 0 amide bonds. The molecular weight excluding hydrogens is 476 g/mol. The van der Waals surface area contributed by atoms with Crippen molar-refractivity contribution < 1.29 is 14.8 Å². The average molecular weight is 495 g/mol. The SMILES string of the molecule is COc1ccc(N=c2scc(-c3ccc(C)cc3)n2/N=C/c2cc(Cl)cc([N+](=O)[O-])c2O)cc1. The predicted octanol–water partition coefficient (Wildman–Crippen LogP) is 5.92. The number of halogens is 1. The molecule has 1 heterocycles. The van der Waals surface area contributed by atoms with Gasteiger partial charge in [-0.25, -0.2) is 9.67 Å². The van der Waals surface area contributed by atoms with E-state index in [1.165, 1.54) is 23.6 Å². The van der Waals surface area contributed by atoms with E-state index in [0.29, 0.717) is 10.5 Å². The molecule has 1 N–H and O–H groups in total. The Bertz CT molecular complexity index is 1440. The van der Waals surface area contributed by atoms with Gasteiger partial charge >= 0.3 is 5.69 Å². The van der Waals surface area contributed by atoms with E-state index >= 15 is 0 Å². The lowest BCUT2D eigenvalue weighted by atomic mass is 10.1. The molecule has 0 bridgehead atoms. The van der Waals surface area contributed by atoms with Crippen LogP contribution in [0.3, 0.4) is 0 Å². The third-order valence-corrected chi connectivity index (χ3v) is 5.96. The molecule has 4 rings (SSSR count). The van der Waals surface area contributed by atoms with Gasteiger partial charge in [-0.3, -0.25) is 10.1 Å². The van der Waals surface area contributed by atoms with Crippen LogP contribution in [-0.2, 0) is 0 Å². The summed E-state index contributed by atoms with van der Waals surface area (Å²) < 4.78 is 6.82. The highest BCUT2D eigenvalue weighted by molar-refractivity contribution is 7.07. The Kier molecular flexibility index (Phi) is 6.76. The van der Waals surface area contributed by atoms with Gasteiger partial charge in [0.25, 0.3) is 0 Å². The van der Waals surface area contributed by atoms with Gasteiger partial charge in [-0.1, -0.05) is 41.4 Å². The van der Waals surface area contributed by atoms with E-state index in [1.807, 2.05) is 60.8 Å². The number of hydrogen-bond donors (Lipinski definition) is 1. The van der Waals surface area contributed by atoms with Crippen LogP contribution in [0.4, 0.5) is 11.4 Å². The molecule has 0 atom stereocenters. The molecule has 0 saturated heterocycles. The number of rotatable bonds is 6. The van der Waals surface area contributed by atoms with Crippen LogP contribution in [0, 0.1) is 17.0 Å². The maximum atomic E-state index is 11.2. The van der Waals surface area contributed by atoms with E-state index in [1.54, 1.807) is 11.8 Å². The molecule has 1 aromatic heterocycles. The zero-order chi connectivity index (χ0) is 24.2. The van der Waals surface area contributed by atoms with Crippen LogP contribution >= 0.6 is 22.9 Å². The van der Waals surface area contributed by atoms with Crippen molar-refractivity contribution in [1.29, 1.82) is 0 Å². The standard InChI is InChI=1S/C24H19ClN4O4S/c1-15-3-5-16(6-4-15)22-14-34-24(27-19-7-9-20(33-2)10-8-19)28(22)26-13-17-11-18(25)12-21(23(17)30)29(31)32/h3-14,30H,1-2H3/b26-13+,27-24?. The van der Waals surface area contributed by atoms with Gasteiger partial charge in [0.1, 0.15) is 5.75 Å². The Hall–Kier alpha value is -3.95. The first kappa shape index (κ1) is 23.2. The van der Waals surface area contributed by atoms with Crippen molar-refractivity contribution in [2.45, 2.75) is 6.92 Å². The quantitative estimate of drug-likeness (QED) is 0.204. The number of aromatic nitrogens is 1. The molecule has 8 nitrogen and oxygen atoms in total. The highest BCUT2D eigenvalue weighted by atomic mass is 35.5. The molecule has 0 fully saturated rings. The van der Waals surface area contributed by atoms with Gasteiger partial charge in [0.15, 0.2) is 0 Å². The number of nitrogens with zero attached hydrogens (tertiary/aromatic N) is 4. The molecule has 0 aliphatic rings. The van der Waals surface area contributed by atoms with Crippen LogP contribution in [-0.4, -0.2) is 28.0 Å². The van der Waals surface area contributed by atoms with Gasteiger partial charge in [0.2, 0.25) is 10.6 Å². The van der Waals surface area contributed by atoms with Gasteiger partial charge < -0.3 is 9.84 Å². The molecule has 0 spiro atoms. The van der Waals surface area contributed by atoms with Crippen molar-refractivity contribution in [3.8, 4) is 22.8 Å². The Balaban J connectivity index is 1.85. The minimum atomic E-state index is -0.696. The van der Waals surface area contributed by atoms with Crippen molar-refractivity contribution in [3.05, 3.63) is 97.1 Å². The zero-order valence-corrected chi connectivity index (χ0v) is 19.7. The molecule has 0 aliphatic heterocycles. The first-order chi connectivity index (χ1) is 16.4. The number of phenols is 1. The summed E-state index contributed by atoms with van der Waals surface area (Å²) in [6.07, 6.45) is 1.33. The summed E-state index contributed by atoms with van der Waals surface area (Å²) >= 11 is 7.41. The first-order valence-electron chi connectivity index (χ1n) is 10.0. The zero-order valence-electron chi connectivity index (χ0n) is 18.2. The molecule has 172 valence electrons. The topological polar surface area (TPSA) is 102 Å². The Morgan fingerprint density at radius 1 is 1.15 bits per heavy atom. The lowest BCUT2D eigenvalue weighted by Crippen LogP contribution is -2.11. The van der Waals surface area contributed by atoms with Gasteiger partial charge in [-0.15, -0.1) is 11.3 Å². The summed E-state index contributed by atoms with van der Waals surface area (Å²) in [6, 6.07) is 17.7. The van der Waals surface area contributed by atoms with E-state index in [0.717, 1.165) is 28.6 Å². The number of benzene rings is 3. The summed E-state index contributed by atoms with van der Waals surface area (Å²) in [5.74, 6) is 0.203. The lowest BCUT2D eigenvalue weighted by molar-refractivity contribution is -0.385. The number of aryl methyl sites for hydroxylation is 1. The van der Waals surface area contributed by atoms with Crippen molar-refractivity contribution in [2.24, 2.45) is 10.1 Å². The molecule has 0 radical (unpaired) electrons. The monoisotopic (exact) mass is 494 g/mol. The minimum Gasteiger partial charge on any atom is -0.502 e. The van der Waals surface area contributed by atoms with Gasteiger partial charge in [-0.2, -0.15) is 5.10 Å². The minimum absolute atomic E-state index is 0.114. The molecule has 0 saturated carbocycles. The Morgan fingerprint density at radius 3 is 2.50 bits per heavy atom. The molecule has 3 aromatic carbocycles. The van der Waals surface area contributed by atoms with Crippen molar-refractivity contribution in [2.75, 3.05) is 7.11 Å². The van der Waals surface area contributed by atoms with E-state index in [2.05, 4.69) is 5.10 Å². The van der Waals surface area contributed by atoms with Crippen LogP contribution in [0.2, 0.25) is 5.02 Å². The van der Waals surface area contributed by atoms with Crippen LogP contribution in [0.25, 0.3) is 11.3 Å². The van der Waals surface area contributed by atoms with E-state index in [-0.39, 0.29) is 10.6 Å². The van der Waals surface area contributed by atoms with Crippen LogP contribution in [0.5, 0.6) is 11.5 Å². The highest BCUT2D eigenvalue weighted by Crippen LogP contribution is 2.32. The summed E-state index contributed by atoms with van der Waals surface area (Å²) in [5, 5.41) is 28.1. The number of thiazole rings is 1. The first-order valence-corrected chi connectivity index (χ1v) is 11.3. The van der Waals surface area contributed by atoms with E-state index in [4.69, 9.17) is 21.3 Å². The predicted molar refractivity (Wildman–Crippen MR) is 133 cm³/mol. The second-order valence-electron chi connectivity index (χ2n) is 7.26. The largest absolute Gasteiger partial charge is 0.502 e. The molecule has 0 unspecified atom stereocenters. The smallest absolute Gasteiger partial charge is 0.312 e. The number of hydrogen-bond acceptors (Lipinski definition) is 7. The number of methoxy groups -OCH3 is 1. The lowest BCUT2D eigenvalue weighted by Gasteiger charge is -2.05. The van der Waals surface area contributed by atoms with Crippen molar-refractivity contribution in [3.63, 3.8) is 0 Å². The fourth-order valence-electron chi connectivity index (χ4n) is 3.14. The molecule has 34 heavy (non-hydrogen) atoms. The summed E-state index contributed by atoms with van der Waals surface area (Å²) in [5.41, 5.74) is 3.12. The number of ether oxygens (including phenoxy) is 1. The number of nitro groups is 1. The van der Waals surface area contributed by atoms with Crippen LogP contribution < -0.4 is 9.54 Å². The summed E-state index contributed by atoms with van der Waals surface area (Å²) in [4.78, 5) is 15.8. The number of nitro benzene ring substituents is 1. The van der Waals surface area contributed by atoms with Crippen LogP contribution in [0.1, 0.15) is 11.1 Å². The van der Waals surface area contributed by atoms with E-state index in [9.17, 15) is 15.2 Å². The molecule has 0 aliphatic carbocycles. The van der Waals surface area contributed by atoms with E-state index < -0.39 is 16.4 Å². The second kappa shape index (κ2) is 9.90. The molecular formula is C24H19ClN4O4S. The maximum Gasteiger partial charge on any atom is 0.312 e. The molecule has 4 aromatic rings. The Morgan fingerprint density at radius 2 is 1.85 bits per heavy atom. The molecule has 10 heteroatoms. The third-order valence-electron chi connectivity index (χ3n) is 4.92. The number of phenolic OH excluding ortho intramolecular Hbond substituents is 1. The fourth-order valence-corrected chi connectivity index (χ4v) is 4.22. The van der Waals surface area contributed by atoms with Crippen molar-refractivity contribution in [1.82, 2.24) is 4.68 Å². The van der Waals surface area contributed by atoms with Gasteiger partial charge in [0, 0.05) is 27.6 Å². The summed E-state index contributed by atoms with van der Waals surface area (Å²) in [7, 11) is 1.59. The van der Waals surface area contributed by atoms with Gasteiger partial charge in [0.05, 0.1) is 29.6 Å². The van der Waals surface area contributed by atoms with Crippen molar-refractivity contribution >= 4 is 40.5 Å². The van der Waals surface area contributed by atoms with Gasteiger partial charge in [-0.05, 0) is 37.3 Å². The normalized spacial score (nSPS) is 11.8. The summed E-state index contributed by atoms with van der Waals surface area (Å²) in [6.45, 7) is 2.00. The highest BCUT2D eigenvalue weighted by Gasteiger charge is 2.18. The Labute approximate surface area is 203 Å². The fraction of sp³-hybridized carbons (Fsp3) is 0.0833. The average Bonchev–Trinajstić information content (AvgIpc) is 3.22. The van der Waals surface area contributed by atoms with Crippen LogP contribution in [0.15, 0.2) is 76.1 Å². The second-order valence-corrected chi connectivity index (χ2v) is 8.53. The maximum absolute atomic E-state index is 11.2. The number of aromatic hydroxyl groups is 1. The third kappa shape index (κ3) is 5.00.